The van der Waals surface area contributed by atoms with Gasteiger partial charge in [-0.25, -0.2) is 0 Å². The summed E-state index contributed by atoms with van der Waals surface area (Å²) in [5.41, 5.74) is 0.184. The lowest BCUT2D eigenvalue weighted by molar-refractivity contribution is -0.143. The summed E-state index contributed by atoms with van der Waals surface area (Å²) in [6, 6.07) is 0. The zero-order valence-corrected chi connectivity index (χ0v) is 12.1. The quantitative estimate of drug-likeness (QED) is 0.689. The molecule has 1 N–H and O–H groups in total. The fourth-order valence-corrected chi connectivity index (χ4v) is 2.83. The normalized spacial score (nSPS) is 24.7. The lowest BCUT2D eigenvalue weighted by Crippen LogP contribution is -2.46. The van der Waals surface area contributed by atoms with Crippen LogP contribution in [0.5, 0.6) is 0 Å². The molecule has 2 aliphatic rings. The second-order valence-electron chi connectivity index (χ2n) is 5.48. The predicted molar refractivity (Wildman–Crippen MR) is 68.1 cm³/mol. The van der Waals surface area contributed by atoms with E-state index in [1.165, 1.54) is 0 Å². The van der Waals surface area contributed by atoms with E-state index in [9.17, 15) is 4.89 Å². The lowest BCUT2D eigenvalue weighted by Gasteiger charge is -2.41. The summed E-state index contributed by atoms with van der Waals surface area (Å²) in [5, 5.41) is 0. The van der Waals surface area contributed by atoms with E-state index < -0.39 is 8.60 Å². The molecular formula is C12H23O5P. The molecule has 2 fully saturated rings. The van der Waals surface area contributed by atoms with Gasteiger partial charge in [-0.15, -0.1) is 0 Å². The van der Waals surface area contributed by atoms with E-state index in [2.05, 4.69) is 13.8 Å². The predicted octanol–water partition coefficient (Wildman–Crippen LogP) is 2.09. The Kier molecular flexibility index (Phi) is 4.98. The minimum absolute atomic E-state index is 0.0920. The highest BCUT2D eigenvalue weighted by Gasteiger charge is 2.40. The molecule has 0 atom stereocenters. The molecule has 5 nitrogen and oxygen atoms in total. The molecule has 0 amide bonds. The van der Waals surface area contributed by atoms with Gasteiger partial charge in [-0.2, -0.15) is 0 Å². The molecule has 0 aromatic rings. The van der Waals surface area contributed by atoms with Gasteiger partial charge in [0.05, 0.1) is 39.6 Å². The third kappa shape index (κ3) is 3.21. The van der Waals surface area contributed by atoms with Crippen molar-refractivity contribution in [1.29, 1.82) is 0 Å². The fraction of sp³-hybridized carbons (Fsp3) is 1.00. The van der Waals surface area contributed by atoms with Crippen LogP contribution in [0.2, 0.25) is 0 Å². The average molecular weight is 278 g/mol. The highest BCUT2D eigenvalue weighted by Crippen LogP contribution is 2.42. The van der Waals surface area contributed by atoms with E-state index in [-0.39, 0.29) is 10.8 Å². The molecule has 0 aliphatic carbocycles. The molecule has 0 aromatic carbocycles. The largest absolute Gasteiger partial charge is 0.380 e. The van der Waals surface area contributed by atoms with Crippen LogP contribution in [-0.2, 0) is 18.5 Å². The van der Waals surface area contributed by atoms with Crippen LogP contribution in [-0.4, -0.2) is 44.5 Å². The molecule has 2 aliphatic heterocycles. The molecule has 0 radical (unpaired) electrons. The first-order valence-corrected chi connectivity index (χ1v) is 7.67. The maximum atomic E-state index is 9.74. The van der Waals surface area contributed by atoms with Crippen LogP contribution in [0.4, 0.5) is 0 Å². The first kappa shape index (κ1) is 14.6. The van der Waals surface area contributed by atoms with Gasteiger partial charge in [0.15, 0.2) is 0 Å². The van der Waals surface area contributed by atoms with Crippen molar-refractivity contribution in [3.05, 3.63) is 0 Å². The smallest absolute Gasteiger partial charge is 0.329 e. The summed E-state index contributed by atoms with van der Waals surface area (Å²) in [7, 11) is -1.78. The molecule has 6 heteroatoms. The van der Waals surface area contributed by atoms with Gasteiger partial charge in [0.1, 0.15) is 0 Å². The first-order chi connectivity index (χ1) is 8.64. The minimum atomic E-state index is -1.78. The number of hydrogen-bond acceptors (Lipinski definition) is 5. The molecule has 106 valence electrons. The van der Waals surface area contributed by atoms with Gasteiger partial charge in [-0.3, -0.25) is 0 Å². The molecule has 0 saturated carbocycles. The van der Waals surface area contributed by atoms with Gasteiger partial charge >= 0.3 is 8.60 Å². The minimum Gasteiger partial charge on any atom is -0.380 e. The van der Waals surface area contributed by atoms with Crippen LogP contribution >= 0.6 is 8.60 Å². The first-order valence-electron chi connectivity index (χ1n) is 6.54. The van der Waals surface area contributed by atoms with Crippen LogP contribution in [0.15, 0.2) is 0 Å². The molecule has 0 bridgehead atoms. The fourth-order valence-electron chi connectivity index (χ4n) is 1.98. The van der Waals surface area contributed by atoms with Gasteiger partial charge in [-0.05, 0) is 12.8 Å². The van der Waals surface area contributed by atoms with Crippen LogP contribution in [0, 0.1) is 10.8 Å². The number of hydrogen-bond donors (Lipinski definition) is 1. The Morgan fingerprint density at radius 1 is 0.944 bits per heavy atom. The van der Waals surface area contributed by atoms with Crippen molar-refractivity contribution in [1.82, 2.24) is 0 Å². The van der Waals surface area contributed by atoms with E-state index in [0.717, 1.165) is 39.3 Å². The van der Waals surface area contributed by atoms with Crippen molar-refractivity contribution < 1.29 is 23.4 Å². The summed E-state index contributed by atoms with van der Waals surface area (Å²) in [4.78, 5) is 9.74. The summed E-state index contributed by atoms with van der Waals surface area (Å²) in [6.45, 7) is 8.15. The Labute approximate surface area is 110 Å². The third-order valence-electron chi connectivity index (χ3n) is 4.10. The zero-order valence-electron chi connectivity index (χ0n) is 11.2. The second-order valence-corrected chi connectivity index (χ2v) is 6.47. The number of ether oxygens (including phenoxy) is 2. The van der Waals surface area contributed by atoms with E-state index in [4.69, 9.17) is 18.5 Å². The molecule has 2 heterocycles. The molecule has 0 unspecified atom stereocenters. The van der Waals surface area contributed by atoms with Crippen molar-refractivity contribution in [3.63, 3.8) is 0 Å². The standard InChI is InChI=1S/C12H23O5P/c1-3-11(5-14-6-11)9-16-18(13)17-10-12(4-2)7-15-8-12/h13H,3-10H2,1-2H3. The van der Waals surface area contributed by atoms with Gasteiger partial charge in [0.2, 0.25) is 0 Å². The second kappa shape index (κ2) is 6.12. The average Bonchev–Trinajstić information content (AvgIpc) is 2.27. The molecule has 0 aromatic heterocycles. The highest BCUT2D eigenvalue weighted by atomic mass is 31.2. The SMILES string of the molecule is CCC1(COP(O)OCC2(CC)COC2)COC1. The third-order valence-corrected chi connectivity index (χ3v) is 4.80. The van der Waals surface area contributed by atoms with Crippen molar-refractivity contribution >= 4 is 8.60 Å². The lowest BCUT2D eigenvalue weighted by atomic mass is 9.84. The molecule has 2 rings (SSSR count). The Bertz CT molecular complexity index is 228. The van der Waals surface area contributed by atoms with E-state index in [0.29, 0.717) is 13.2 Å². The zero-order chi connectivity index (χ0) is 13.1. The van der Waals surface area contributed by atoms with Gasteiger partial charge < -0.3 is 23.4 Å². The van der Waals surface area contributed by atoms with Crippen LogP contribution in [0.1, 0.15) is 26.7 Å². The van der Waals surface area contributed by atoms with E-state index >= 15 is 0 Å². The highest BCUT2D eigenvalue weighted by molar-refractivity contribution is 7.40. The van der Waals surface area contributed by atoms with Crippen molar-refractivity contribution in [2.45, 2.75) is 26.7 Å². The van der Waals surface area contributed by atoms with Crippen LogP contribution in [0.25, 0.3) is 0 Å². The van der Waals surface area contributed by atoms with E-state index in [1.807, 2.05) is 0 Å². The Morgan fingerprint density at radius 2 is 1.33 bits per heavy atom. The van der Waals surface area contributed by atoms with Gasteiger partial charge in [0, 0.05) is 10.8 Å². The topological polar surface area (TPSA) is 57.2 Å². The van der Waals surface area contributed by atoms with Crippen molar-refractivity contribution in [2.24, 2.45) is 10.8 Å². The molecule has 18 heavy (non-hydrogen) atoms. The summed E-state index contributed by atoms with van der Waals surface area (Å²) >= 11 is 0. The summed E-state index contributed by atoms with van der Waals surface area (Å²) < 4.78 is 21.3. The Hall–Kier alpha value is 0.230. The number of rotatable bonds is 8. The summed E-state index contributed by atoms with van der Waals surface area (Å²) in [6.07, 6.45) is 2.01. The monoisotopic (exact) mass is 278 g/mol. The van der Waals surface area contributed by atoms with Crippen molar-refractivity contribution in [3.8, 4) is 0 Å². The maximum absolute atomic E-state index is 9.74. The summed E-state index contributed by atoms with van der Waals surface area (Å²) in [5.74, 6) is 0. The Morgan fingerprint density at radius 3 is 1.56 bits per heavy atom. The molecule has 0 spiro atoms. The van der Waals surface area contributed by atoms with Gasteiger partial charge in [-0.1, -0.05) is 13.8 Å². The molecular weight excluding hydrogens is 255 g/mol. The maximum Gasteiger partial charge on any atom is 0.329 e. The van der Waals surface area contributed by atoms with Gasteiger partial charge in [0.25, 0.3) is 0 Å². The van der Waals surface area contributed by atoms with E-state index in [1.54, 1.807) is 0 Å². The van der Waals surface area contributed by atoms with Crippen LogP contribution < -0.4 is 0 Å². The molecule has 2 saturated heterocycles. The van der Waals surface area contributed by atoms with Crippen molar-refractivity contribution in [2.75, 3.05) is 39.6 Å². The van der Waals surface area contributed by atoms with Crippen LogP contribution in [0.3, 0.4) is 0 Å². The Balaban J connectivity index is 1.64.